The fraction of sp³-hybridized carbons (Fsp3) is 0.440. The smallest absolute Gasteiger partial charge is 0.261 e. The van der Waals surface area contributed by atoms with Crippen LogP contribution in [0, 0.1) is 5.92 Å². The number of nitrogens with one attached hydrogen (secondary N) is 1. The standard InChI is InChI=1S/C25H32Br2N2O3/c1-16(2)13-28-25(31)18(5)29(14-19-7-6-8-21(26)11-19)24(30)15-32-23-10-9-20(17(3)4)12-22(23)27/h6-12,16-18H,13-15H2,1-5H3,(H,28,31). The number of amides is 2. The summed E-state index contributed by atoms with van der Waals surface area (Å²) in [6, 6.07) is 13.0. The van der Waals surface area contributed by atoms with Gasteiger partial charge < -0.3 is 15.0 Å². The largest absolute Gasteiger partial charge is 0.483 e. The molecule has 2 aromatic rings. The van der Waals surface area contributed by atoms with E-state index in [-0.39, 0.29) is 18.4 Å². The average Bonchev–Trinajstić information content (AvgIpc) is 2.74. The Kier molecular flexibility index (Phi) is 10.2. The molecule has 0 bridgehead atoms. The molecule has 0 aliphatic carbocycles. The zero-order valence-electron chi connectivity index (χ0n) is 19.3. The Morgan fingerprint density at radius 1 is 1.03 bits per heavy atom. The number of rotatable bonds is 10. The molecule has 0 radical (unpaired) electrons. The molecular formula is C25H32Br2N2O3. The van der Waals surface area contributed by atoms with E-state index in [1.807, 2.05) is 56.3 Å². The van der Waals surface area contributed by atoms with Crippen LogP contribution in [-0.2, 0) is 16.1 Å². The Morgan fingerprint density at radius 3 is 2.34 bits per heavy atom. The predicted molar refractivity (Wildman–Crippen MR) is 136 cm³/mol. The minimum atomic E-state index is -0.629. The third-order valence-electron chi connectivity index (χ3n) is 5.07. The van der Waals surface area contributed by atoms with Crippen LogP contribution in [0.1, 0.15) is 51.7 Å². The van der Waals surface area contributed by atoms with Crippen molar-refractivity contribution in [1.82, 2.24) is 10.2 Å². The highest BCUT2D eigenvalue weighted by atomic mass is 79.9. The van der Waals surface area contributed by atoms with Gasteiger partial charge in [0, 0.05) is 17.6 Å². The monoisotopic (exact) mass is 566 g/mol. The molecule has 0 fully saturated rings. The zero-order chi connectivity index (χ0) is 23.8. The van der Waals surface area contributed by atoms with Crippen LogP contribution in [0.15, 0.2) is 51.4 Å². The van der Waals surface area contributed by atoms with Crippen LogP contribution in [0.2, 0.25) is 0 Å². The lowest BCUT2D eigenvalue weighted by atomic mass is 10.0. The van der Waals surface area contributed by atoms with Gasteiger partial charge in [0.25, 0.3) is 5.91 Å². The van der Waals surface area contributed by atoms with Gasteiger partial charge in [0.05, 0.1) is 4.47 Å². The third kappa shape index (κ3) is 7.93. The second-order valence-corrected chi connectivity index (χ2v) is 10.4. The maximum absolute atomic E-state index is 13.2. The zero-order valence-corrected chi connectivity index (χ0v) is 22.5. The van der Waals surface area contributed by atoms with E-state index in [1.54, 1.807) is 11.8 Å². The Balaban J connectivity index is 2.16. The second-order valence-electron chi connectivity index (χ2n) is 8.60. The van der Waals surface area contributed by atoms with E-state index in [9.17, 15) is 9.59 Å². The first-order valence-corrected chi connectivity index (χ1v) is 12.4. The molecular weight excluding hydrogens is 536 g/mol. The van der Waals surface area contributed by atoms with Gasteiger partial charge in [-0.1, -0.05) is 61.8 Å². The maximum Gasteiger partial charge on any atom is 0.261 e. The van der Waals surface area contributed by atoms with Gasteiger partial charge in [-0.2, -0.15) is 0 Å². The van der Waals surface area contributed by atoms with E-state index < -0.39 is 6.04 Å². The van der Waals surface area contributed by atoms with Crippen molar-refractivity contribution >= 4 is 43.7 Å². The van der Waals surface area contributed by atoms with Gasteiger partial charge in [-0.25, -0.2) is 0 Å². The first-order chi connectivity index (χ1) is 15.1. The number of benzene rings is 2. The quantitative estimate of drug-likeness (QED) is 0.388. The molecule has 0 spiro atoms. The van der Waals surface area contributed by atoms with Crippen LogP contribution >= 0.6 is 31.9 Å². The Labute approximate surface area is 208 Å². The van der Waals surface area contributed by atoms with Crippen LogP contribution < -0.4 is 10.1 Å². The molecule has 174 valence electrons. The number of carbonyl (C=O) groups is 2. The highest BCUT2D eigenvalue weighted by Gasteiger charge is 2.26. The van der Waals surface area contributed by atoms with Crippen molar-refractivity contribution in [1.29, 1.82) is 0 Å². The summed E-state index contributed by atoms with van der Waals surface area (Å²) in [5.41, 5.74) is 2.11. The van der Waals surface area contributed by atoms with E-state index in [2.05, 4.69) is 51.0 Å². The van der Waals surface area contributed by atoms with E-state index in [1.165, 1.54) is 5.56 Å². The van der Waals surface area contributed by atoms with Crippen molar-refractivity contribution in [2.24, 2.45) is 5.92 Å². The average molecular weight is 568 g/mol. The molecule has 0 saturated carbocycles. The summed E-state index contributed by atoms with van der Waals surface area (Å²) in [5.74, 6) is 0.895. The third-order valence-corrected chi connectivity index (χ3v) is 6.18. The van der Waals surface area contributed by atoms with Crippen molar-refractivity contribution in [3.05, 3.63) is 62.5 Å². The van der Waals surface area contributed by atoms with Gasteiger partial charge in [-0.15, -0.1) is 0 Å². The van der Waals surface area contributed by atoms with E-state index in [4.69, 9.17) is 4.74 Å². The van der Waals surface area contributed by atoms with Crippen LogP contribution in [0.3, 0.4) is 0 Å². The van der Waals surface area contributed by atoms with Crippen LogP contribution in [0.25, 0.3) is 0 Å². The maximum atomic E-state index is 13.2. The van der Waals surface area contributed by atoms with E-state index in [0.29, 0.717) is 30.7 Å². The summed E-state index contributed by atoms with van der Waals surface area (Å²) >= 11 is 7.00. The van der Waals surface area contributed by atoms with Gasteiger partial charge in [0.2, 0.25) is 5.91 Å². The van der Waals surface area contributed by atoms with Gasteiger partial charge in [0.15, 0.2) is 6.61 Å². The topological polar surface area (TPSA) is 58.6 Å². The Hall–Kier alpha value is -1.86. The molecule has 2 rings (SSSR count). The highest BCUT2D eigenvalue weighted by molar-refractivity contribution is 9.10. The second kappa shape index (κ2) is 12.4. The van der Waals surface area contributed by atoms with Crippen molar-refractivity contribution in [2.45, 2.75) is 53.1 Å². The summed E-state index contributed by atoms with van der Waals surface area (Å²) in [4.78, 5) is 27.5. The van der Waals surface area contributed by atoms with Gasteiger partial charge in [-0.3, -0.25) is 9.59 Å². The molecule has 0 heterocycles. The Bertz CT molecular complexity index is 931. The lowest BCUT2D eigenvalue weighted by Crippen LogP contribution is -2.49. The molecule has 0 aliphatic heterocycles. The summed E-state index contributed by atoms with van der Waals surface area (Å²) < 4.78 is 7.55. The molecule has 2 aromatic carbocycles. The number of hydrogen-bond acceptors (Lipinski definition) is 3. The van der Waals surface area contributed by atoms with E-state index >= 15 is 0 Å². The van der Waals surface area contributed by atoms with E-state index in [0.717, 1.165) is 14.5 Å². The highest BCUT2D eigenvalue weighted by Crippen LogP contribution is 2.29. The fourth-order valence-electron chi connectivity index (χ4n) is 3.08. The summed E-state index contributed by atoms with van der Waals surface area (Å²) in [6.45, 7) is 10.8. The minimum absolute atomic E-state index is 0.157. The molecule has 7 heteroatoms. The van der Waals surface area contributed by atoms with Gasteiger partial charge in [-0.05, 0) is 70.1 Å². The van der Waals surface area contributed by atoms with Crippen molar-refractivity contribution in [3.8, 4) is 5.75 Å². The minimum Gasteiger partial charge on any atom is -0.483 e. The molecule has 0 saturated heterocycles. The van der Waals surface area contributed by atoms with Crippen LogP contribution in [0.5, 0.6) is 5.75 Å². The molecule has 5 nitrogen and oxygen atoms in total. The first-order valence-electron chi connectivity index (χ1n) is 10.8. The summed E-state index contributed by atoms with van der Waals surface area (Å²) in [6.07, 6.45) is 0. The predicted octanol–water partition coefficient (Wildman–Crippen LogP) is 5.90. The normalized spacial score (nSPS) is 12.0. The number of halogens is 2. The number of hydrogen-bond donors (Lipinski definition) is 1. The van der Waals surface area contributed by atoms with Crippen LogP contribution in [0.4, 0.5) is 0 Å². The lowest BCUT2D eigenvalue weighted by Gasteiger charge is -2.29. The molecule has 1 N–H and O–H groups in total. The van der Waals surface area contributed by atoms with Crippen LogP contribution in [-0.4, -0.2) is 35.9 Å². The SMILES string of the molecule is CC(C)CNC(=O)C(C)N(Cc1cccc(Br)c1)C(=O)COc1ccc(C(C)C)cc1Br. The molecule has 1 atom stereocenters. The summed E-state index contributed by atoms with van der Waals surface area (Å²) in [5, 5.41) is 2.92. The van der Waals surface area contributed by atoms with Gasteiger partial charge in [0.1, 0.15) is 11.8 Å². The molecule has 2 amide bonds. The summed E-state index contributed by atoms with van der Waals surface area (Å²) in [7, 11) is 0. The molecule has 0 aromatic heterocycles. The number of carbonyl (C=O) groups excluding carboxylic acids is 2. The first kappa shape index (κ1) is 26.4. The molecule has 0 aliphatic rings. The lowest BCUT2D eigenvalue weighted by molar-refractivity contribution is -0.142. The number of ether oxygens (including phenoxy) is 1. The van der Waals surface area contributed by atoms with Crippen molar-refractivity contribution < 1.29 is 14.3 Å². The van der Waals surface area contributed by atoms with Gasteiger partial charge >= 0.3 is 0 Å². The number of nitrogens with zero attached hydrogens (tertiary/aromatic N) is 1. The van der Waals surface area contributed by atoms with Crippen molar-refractivity contribution in [2.75, 3.05) is 13.2 Å². The van der Waals surface area contributed by atoms with Crippen molar-refractivity contribution in [3.63, 3.8) is 0 Å². The fourth-order valence-corrected chi connectivity index (χ4v) is 4.04. The Morgan fingerprint density at radius 2 is 1.75 bits per heavy atom. The molecule has 32 heavy (non-hydrogen) atoms. The molecule has 1 unspecified atom stereocenters.